The third kappa shape index (κ3) is 4.53. The Morgan fingerprint density at radius 2 is 1.58 bits per heavy atom. The molecule has 26 heavy (non-hydrogen) atoms. The van der Waals surface area contributed by atoms with Crippen molar-refractivity contribution in [3.8, 4) is 0 Å². The van der Waals surface area contributed by atoms with Crippen LogP contribution in [0.15, 0.2) is 54.9 Å². The molecule has 0 aliphatic rings. The molecule has 2 rings (SSSR count). The number of aromatic nitrogens is 1. The molecule has 6 heteroatoms. The minimum Gasteiger partial charge on any atom is -0.465 e. The number of pyridine rings is 1. The first-order chi connectivity index (χ1) is 12.6. The highest BCUT2D eigenvalue weighted by molar-refractivity contribution is 6.11. The largest absolute Gasteiger partial charge is 0.465 e. The summed E-state index contributed by atoms with van der Waals surface area (Å²) in [7, 11) is 0. The average Bonchev–Trinajstić information content (AvgIpc) is 2.67. The Labute approximate surface area is 152 Å². The van der Waals surface area contributed by atoms with Crippen LogP contribution in [0.3, 0.4) is 0 Å². The second-order valence-corrected chi connectivity index (χ2v) is 5.48. The van der Waals surface area contributed by atoms with E-state index in [4.69, 9.17) is 9.47 Å². The van der Waals surface area contributed by atoms with Gasteiger partial charge >= 0.3 is 11.9 Å². The van der Waals surface area contributed by atoms with E-state index in [-0.39, 0.29) is 18.8 Å². The smallest absolute Gasteiger partial charge is 0.318 e. The van der Waals surface area contributed by atoms with Crippen LogP contribution in [-0.4, -0.2) is 35.9 Å². The van der Waals surface area contributed by atoms with E-state index in [0.717, 1.165) is 0 Å². The average molecular weight is 355 g/mol. The zero-order valence-electron chi connectivity index (χ0n) is 14.8. The summed E-state index contributed by atoms with van der Waals surface area (Å²) in [6, 6.07) is 11.8. The Kier molecular flexibility index (Phi) is 7.02. The van der Waals surface area contributed by atoms with Gasteiger partial charge in [-0.25, -0.2) is 0 Å². The molecule has 0 radical (unpaired) electrons. The van der Waals surface area contributed by atoms with Gasteiger partial charge in [-0.05, 0) is 31.5 Å². The predicted octanol–water partition coefficient (Wildman–Crippen LogP) is 2.79. The van der Waals surface area contributed by atoms with Crippen molar-refractivity contribution in [2.45, 2.75) is 19.8 Å². The van der Waals surface area contributed by atoms with Gasteiger partial charge in [0.15, 0.2) is 5.78 Å². The monoisotopic (exact) mass is 355 g/mol. The van der Waals surface area contributed by atoms with E-state index in [1.807, 2.05) is 0 Å². The molecule has 0 aliphatic heterocycles. The summed E-state index contributed by atoms with van der Waals surface area (Å²) in [6.07, 6.45) is 2.89. The first kappa shape index (κ1) is 19.3. The van der Waals surface area contributed by atoms with Crippen molar-refractivity contribution in [1.29, 1.82) is 0 Å². The van der Waals surface area contributed by atoms with E-state index in [1.54, 1.807) is 56.3 Å². The zero-order chi connectivity index (χ0) is 18.9. The summed E-state index contributed by atoms with van der Waals surface area (Å²) in [5.74, 6) is -4.38. The number of hydrogen-bond donors (Lipinski definition) is 0. The third-order valence-corrected chi connectivity index (χ3v) is 3.80. The molecule has 0 saturated heterocycles. The van der Waals surface area contributed by atoms with Gasteiger partial charge in [0.2, 0.25) is 0 Å². The molecule has 1 aromatic carbocycles. The molecule has 1 heterocycles. The number of hydrogen-bond acceptors (Lipinski definition) is 6. The lowest BCUT2D eigenvalue weighted by atomic mass is 9.81. The van der Waals surface area contributed by atoms with E-state index in [2.05, 4.69) is 4.98 Å². The van der Waals surface area contributed by atoms with Gasteiger partial charge < -0.3 is 9.47 Å². The fraction of sp³-hybridized carbons (Fsp3) is 0.300. The van der Waals surface area contributed by atoms with Gasteiger partial charge in [-0.1, -0.05) is 30.3 Å². The topological polar surface area (TPSA) is 82.6 Å². The van der Waals surface area contributed by atoms with Crippen LogP contribution in [0.25, 0.3) is 0 Å². The number of ether oxygens (including phenoxy) is 2. The molecule has 0 amide bonds. The Bertz CT molecular complexity index is 745. The number of ketones is 1. The van der Waals surface area contributed by atoms with Crippen LogP contribution < -0.4 is 0 Å². The normalized spacial score (nSPS) is 12.7. The first-order valence-electron chi connectivity index (χ1n) is 8.42. The number of benzene rings is 1. The summed E-state index contributed by atoms with van der Waals surface area (Å²) in [4.78, 5) is 42.2. The fourth-order valence-corrected chi connectivity index (χ4v) is 2.67. The van der Waals surface area contributed by atoms with E-state index < -0.39 is 29.6 Å². The number of carbonyl (C=O) groups excluding carboxylic acids is 3. The maximum Gasteiger partial charge on any atom is 0.318 e. The minimum atomic E-state index is -1.35. The Morgan fingerprint density at radius 1 is 0.923 bits per heavy atom. The molecule has 2 aromatic rings. The maximum atomic E-state index is 13.0. The summed E-state index contributed by atoms with van der Waals surface area (Å²) in [5.41, 5.74) is 0.747. The molecule has 2 atom stereocenters. The van der Waals surface area contributed by atoms with Gasteiger partial charge in [-0.15, -0.1) is 0 Å². The number of Topliss-reactive ketones (excluding diaryl/α,β-unsaturated/α-hetero) is 1. The molecule has 2 unspecified atom stereocenters. The zero-order valence-corrected chi connectivity index (χ0v) is 14.8. The first-order valence-corrected chi connectivity index (χ1v) is 8.42. The van der Waals surface area contributed by atoms with Gasteiger partial charge in [-0.2, -0.15) is 0 Å². The molecule has 0 saturated carbocycles. The van der Waals surface area contributed by atoms with Crippen LogP contribution in [0.2, 0.25) is 0 Å². The van der Waals surface area contributed by atoms with E-state index in [1.165, 1.54) is 12.4 Å². The fourth-order valence-electron chi connectivity index (χ4n) is 2.67. The minimum absolute atomic E-state index is 0.0972. The SMILES string of the molecule is CCOC(=O)C(C(=O)c1cccnc1)C(C(=O)OCC)c1ccccc1. The van der Waals surface area contributed by atoms with Crippen molar-refractivity contribution in [2.75, 3.05) is 13.2 Å². The number of rotatable bonds is 8. The van der Waals surface area contributed by atoms with Crippen molar-refractivity contribution >= 4 is 17.7 Å². The summed E-state index contributed by atoms with van der Waals surface area (Å²) in [5, 5.41) is 0. The third-order valence-electron chi connectivity index (χ3n) is 3.80. The maximum absolute atomic E-state index is 13.0. The lowest BCUT2D eigenvalue weighted by Crippen LogP contribution is -2.36. The summed E-state index contributed by atoms with van der Waals surface area (Å²) < 4.78 is 10.2. The van der Waals surface area contributed by atoms with E-state index >= 15 is 0 Å². The highest BCUT2D eigenvalue weighted by atomic mass is 16.5. The molecule has 0 fully saturated rings. The van der Waals surface area contributed by atoms with Crippen LogP contribution in [-0.2, 0) is 19.1 Å². The second kappa shape index (κ2) is 9.46. The van der Waals surface area contributed by atoms with Crippen LogP contribution in [0, 0.1) is 5.92 Å². The van der Waals surface area contributed by atoms with Crippen LogP contribution >= 0.6 is 0 Å². The molecule has 0 aliphatic carbocycles. The number of esters is 2. The van der Waals surface area contributed by atoms with Crippen molar-refractivity contribution in [3.05, 3.63) is 66.0 Å². The molecule has 1 aromatic heterocycles. The van der Waals surface area contributed by atoms with Crippen LogP contribution in [0.4, 0.5) is 0 Å². The molecule has 0 bridgehead atoms. The lowest BCUT2D eigenvalue weighted by molar-refractivity contribution is -0.155. The molecular formula is C20H21NO5. The Hall–Kier alpha value is -3.02. The highest BCUT2D eigenvalue weighted by Gasteiger charge is 2.42. The van der Waals surface area contributed by atoms with Crippen molar-refractivity contribution < 1.29 is 23.9 Å². The van der Waals surface area contributed by atoms with Crippen LogP contribution in [0.1, 0.15) is 35.7 Å². The van der Waals surface area contributed by atoms with Crippen LogP contribution in [0.5, 0.6) is 0 Å². The van der Waals surface area contributed by atoms with E-state index in [0.29, 0.717) is 5.56 Å². The van der Waals surface area contributed by atoms with Crippen molar-refractivity contribution in [3.63, 3.8) is 0 Å². The Balaban J connectivity index is 2.52. The second-order valence-electron chi connectivity index (χ2n) is 5.48. The van der Waals surface area contributed by atoms with Gasteiger partial charge in [0.1, 0.15) is 11.8 Å². The number of carbonyl (C=O) groups is 3. The summed E-state index contributed by atoms with van der Waals surface area (Å²) >= 11 is 0. The number of nitrogens with zero attached hydrogens (tertiary/aromatic N) is 1. The standard InChI is InChI=1S/C20H21NO5/c1-3-25-19(23)16(14-9-6-5-7-10-14)17(20(24)26-4-2)18(22)15-11-8-12-21-13-15/h5-13,16-17H,3-4H2,1-2H3. The predicted molar refractivity (Wildman–Crippen MR) is 94.5 cm³/mol. The molecule has 6 nitrogen and oxygen atoms in total. The van der Waals surface area contributed by atoms with Gasteiger partial charge in [-0.3, -0.25) is 19.4 Å². The van der Waals surface area contributed by atoms with Gasteiger partial charge in [0.25, 0.3) is 0 Å². The van der Waals surface area contributed by atoms with Gasteiger partial charge in [0, 0.05) is 18.0 Å². The quantitative estimate of drug-likeness (QED) is 0.411. The molecule has 136 valence electrons. The molecule has 0 N–H and O–H groups in total. The lowest BCUT2D eigenvalue weighted by Gasteiger charge is -2.23. The summed E-state index contributed by atoms with van der Waals surface area (Å²) in [6.45, 7) is 3.55. The van der Waals surface area contributed by atoms with Crippen molar-refractivity contribution in [2.24, 2.45) is 5.92 Å². The van der Waals surface area contributed by atoms with Gasteiger partial charge in [0.05, 0.1) is 13.2 Å². The molecule has 0 spiro atoms. The molecular weight excluding hydrogens is 334 g/mol. The van der Waals surface area contributed by atoms with E-state index in [9.17, 15) is 14.4 Å². The van der Waals surface area contributed by atoms with Crippen molar-refractivity contribution in [1.82, 2.24) is 4.98 Å². The Morgan fingerprint density at radius 3 is 2.15 bits per heavy atom. The highest BCUT2D eigenvalue weighted by Crippen LogP contribution is 2.30.